The first-order chi connectivity index (χ1) is 16.3. The lowest BCUT2D eigenvalue weighted by atomic mass is 9.95. The second kappa shape index (κ2) is 9.71. The molecule has 0 bridgehead atoms. The predicted molar refractivity (Wildman–Crippen MR) is 123 cm³/mol. The number of carbonyl (C=O) groups excluding carboxylic acids is 1. The number of rotatable bonds is 6. The lowest BCUT2D eigenvalue weighted by Crippen LogP contribution is -2.06. The molecule has 34 heavy (non-hydrogen) atoms. The molecule has 0 N–H and O–H groups in total. The lowest BCUT2D eigenvalue weighted by molar-refractivity contribution is 0.0599. The summed E-state index contributed by atoms with van der Waals surface area (Å²) < 4.78 is 52.2. The number of pyridine rings is 1. The minimum atomic E-state index is -0.993. The summed E-state index contributed by atoms with van der Waals surface area (Å²) in [5.74, 6) is -2.94. The Morgan fingerprint density at radius 1 is 1.00 bits per heavy atom. The third-order valence-electron chi connectivity index (χ3n) is 6.00. The van der Waals surface area contributed by atoms with Gasteiger partial charge in [0.2, 0.25) is 0 Å². The fourth-order valence-electron chi connectivity index (χ4n) is 4.24. The highest BCUT2D eigenvalue weighted by molar-refractivity contribution is 5.97. The van der Waals surface area contributed by atoms with Crippen LogP contribution < -0.4 is 4.74 Å². The lowest BCUT2D eigenvalue weighted by Gasteiger charge is -2.16. The van der Waals surface area contributed by atoms with Crippen LogP contribution in [0.2, 0.25) is 0 Å². The SMILES string of the molecule is COC(=O)c1cc(C2=C(c3cc(C)ccc3OCc3c(F)cc(F)cc3F)CCC2)cnc1C. The van der Waals surface area contributed by atoms with E-state index in [0.29, 0.717) is 29.1 Å². The standard InChI is InChI=1S/C27H24F3NO3/c1-15-7-8-26(34-14-23-24(29)11-18(28)12-25(23)30)22(9-15)20-6-4-5-19(20)17-10-21(27(32)33-3)16(2)31-13-17/h7-13H,4-6,14H2,1-3H3. The Kier molecular flexibility index (Phi) is 6.72. The van der Waals surface area contributed by atoms with Crippen molar-refractivity contribution < 1.29 is 27.4 Å². The molecule has 4 nitrogen and oxygen atoms in total. The first kappa shape index (κ1) is 23.5. The van der Waals surface area contributed by atoms with Crippen molar-refractivity contribution in [2.45, 2.75) is 39.7 Å². The molecule has 0 aliphatic heterocycles. The number of allylic oxidation sites excluding steroid dienone is 2. The zero-order valence-electron chi connectivity index (χ0n) is 19.2. The van der Waals surface area contributed by atoms with Crippen LogP contribution >= 0.6 is 0 Å². The van der Waals surface area contributed by atoms with Crippen molar-refractivity contribution in [1.29, 1.82) is 0 Å². The highest BCUT2D eigenvalue weighted by atomic mass is 19.1. The molecular formula is C27H24F3NO3. The molecule has 4 rings (SSSR count). The van der Waals surface area contributed by atoms with E-state index in [4.69, 9.17) is 9.47 Å². The largest absolute Gasteiger partial charge is 0.488 e. The van der Waals surface area contributed by atoms with Gasteiger partial charge in [0, 0.05) is 23.9 Å². The van der Waals surface area contributed by atoms with Gasteiger partial charge in [-0.1, -0.05) is 11.6 Å². The summed E-state index contributed by atoms with van der Waals surface area (Å²) in [5.41, 5.74) is 5.35. The van der Waals surface area contributed by atoms with Crippen molar-refractivity contribution in [3.63, 3.8) is 0 Å². The Labute approximate surface area is 196 Å². The van der Waals surface area contributed by atoms with Gasteiger partial charge in [0.1, 0.15) is 29.8 Å². The summed E-state index contributed by atoms with van der Waals surface area (Å²) in [6.07, 6.45) is 4.20. The van der Waals surface area contributed by atoms with E-state index in [1.807, 2.05) is 19.1 Å². The molecule has 1 aliphatic rings. The van der Waals surface area contributed by atoms with E-state index in [1.165, 1.54) is 7.11 Å². The van der Waals surface area contributed by atoms with Gasteiger partial charge in [0.05, 0.1) is 23.9 Å². The van der Waals surface area contributed by atoms with Gasteiger partial charge in [0.25, 0.3) is 0 Å². The van der Waals surface area contributed by atoms with E-state index in [9.17, 15) is 18.0 Å². The van der Waals surface area contributed by atoms with Gasteiger partial charge in [-0.15, -0.1) is 0 Å². The molecule has 0 unspecified atom stereocenters. The average molecular weight is 467 g/mol. The van der Waals surface area contributed by atoms with Crippen LogP contribution in [0.25, 0.3) is 11.1 Å². The molecule has 0 saturated carbocycles. The van der Waals surface area contributed by atoms with E-state index < -0.39 is 23.4 Å². The Morgan fingerprint density at radius 2 is 1.71 bits per heavy atom. The number of nitrogens with zero attached hydrogens (tertiary/aromatic N) is 1. The van der Waals surface area contributed by atoms with Crippen molar-refractivity contribution in [3.8, 4) is 5.75 Å². The maximum atomic E-state index is 14.1. The van der Waals surface area contributed by atoms with Gasteiger partial charge in [-0.2, -0.15) is 0 Å². The molecule has 1 aliphatic carbocycles. The minimum absolute atomic E-state index is 0.334. The number of benzene rings is 2. The maximum absolute atomic E-state index is 14.1. The molecule has 176 valence electrons. The summed E-state index contributed by atoms with van der Waals surface area (Å²) in [6, 6.07) is 8.65. The van der Waals surface area contributed by atoms with Crippen molar-refractivity contribution >= 4 is 17.1 Å². The van der Waals surface area contributed by atoms with Crippen molar-refractivity contribution in [2.24, 2.45) is 0 Å². The molecule has 2 aromatic carbocycles. The monoisotopic (exact) mass is 467 g/mol. The normalized spacial score (nSPS) is 13.4. The minimum Gasteiger partial charge on any atom is -0.488 e. The topological polar surface area (TPSA) is 48.4 Å². The molecule has 1 aromatic heterocycles. The third kappa shape index (κ3) is 4.69. The Hall–Kier alpha value is -3.61. The first-order valence-electron chi connectivity index (χ1n) is 10.9. The van der Waals surface area contributed by atoms with Crippen LogP contribution in [0.3, 0.4) is 0 Å². The predicted octanol–water partition coefficient (Wildman–Crippen LogP) is 6.58. The summed E-state index contributed by atoms with van der Waals surface area (Å²) >= 11 is 0. The number of methoxy groups -OCH3 is 1. The number of halogens is 3. The molecule has 7 heteroatoms. The first-order valence-corrected chi connectivity index (χ1v) is 10.9. The molecule has 0 radical (unpaired) electrons. The van der Waals surface area contributed by atoms with Crippen LogP contribution in [0.5, 0.6) is 5.75 Å². The van der Waals surface area contributed by atoms with Gasteiger partial charge in [-0.25, -0.2) is 18.0 Å². The second-order valence-corrected chi connectivity index (χ2v) is 8.30. The maximum Gasteiger partial charge on any atom is 0.339 e. The van der Waals surface area contributed by atoms with Crippen LogP contribution in [-0.2, 0) is 11.3 Å². The van der Waals surface area contributed by atoms with Gasteiger partial charge in [0.15, 0.2) is 0 Å². The van der Waals surface area contributed by atoms with Crippen LogP contribution in [0.4, 0.5) is 13.2 Å². The van der Waals surface area contributed by atoms with Gasteiger partial charge < -0.3 is 9.47 Å². The Morgan fingerprint density at radius 3 is 2.41 bits per heavy atom. The highest BCUT2D eigenvalue weighted by Crippen LogP contribution is 2.43. The number of aromatic nitrogens is 1. The zero-order valence-corrected chi connectivity index (χ0v) is 19.2. The van der Waals surface area contributed by atoms with Crippen molar-refractivity contribution in [3.05, 3.63) is 93.6 Å². The fraction of sp³-hybridized carbons (Fsp3) is 0.259. The molecule has 0 saturated heterocycles. The van der Waals surface area contributed by atoms with Crippen LogP contribution in [0.15, 0.2) is 42.6 Å². The van der Waals surface area contributed by atoms with E-state index in [2.05, 4.69) is 4.98 Å². The van der Waals surface area contributed by atoms with E-state index in [1.54, 1.807) is 25.3 Å². The van der Waals surface area contributed by atoms with E-state index >= 15 is 0 Å². The average Bonchev–Trinajstić information content (AvgIpc) is 3.28. The van der Waals surface area contributed by atoms with E-state index in [0.717, 1.165) is 47.1 Å². The van der Waals surface area contributed by atoms with Gasteiger partial charge in [-0.05, 0) is 68.0 Å². The smallest absolute Gasteiger partial charge is 0.339 e. The quantitative estimate of drug-likeness (QED) is 0.385. The van der Waals surface area contributed by atoms with Crippen LogP contribution in [-0.4, -0.2) is 18.1 Å². The molecule has 0 fully saturated rings. The van der Waals surface area contributed by atoms with Gasteiger partial charge >= 0.3 is 5.97 Å². The zero-order chi connectivity index (χ0) is 24.4. The number of esters is 1. The molecule has 0 spiro atoms. The number of ether oxygens (including phenoxy) is 2. The third-order valence-corrected chi connectivity index (χ3v) is 6.00. The summed E-state index contributed by atoms with van der Waals surface area (Å²) in [6.45, 7) is 3.32. The molecule has 1 heterocycles. The number of hydrogen-bond acceptors (Lipinski definition) is 4. The fourth-order valence-corrected chi connectivity index (χ4v) is 4.24. The second-order valence-electron chi connectivity index (χ2n) is 8.30. The van der Waals surface area contributed by atoms with Crippen LogP contribution in [0.1, 0.15) is 57.6 Å². The molecule has 0 atom stereocenters. The van der Waals surface area contributed by atoms with Gasteiger partial charge in [-0.3, -0.25) is 4.98 Å². The number of aryl methyl sites for hydroxylation is 2. The number of hydrogen-bond donors (Lipinski definition) is 0. The Bertz CT molecular complexity index is 1280. The highest BCUT2D eigenvalue weighted by Gasteiger charge is 2.23. The van der Waals surface area contributed by atoms with E-state index in [-0.39, 0.29) is 12.2 Å². The van der Waals surface area contributed by atoms with Crippen molar-refractivity contribution in [2.75, 3.05) is 7.11 Å². The van der Waals surface area contributed by atoms with Crippen LogP contribution in [0, 0.1) is 31.3 Å². The summed E-state index contributed by atoms with van der Waals surface area (Å²) in [7, 11) is 1.33. The summed E-state index contributed by atoms with van der Waals surface area (Å²) in [4.78, 5) is 16.5. The number of carbonyl (C=O) groups is 1. The Balaban J connectivity index is 1.74. The molecule has 3 aromatic rings. The summed E-state index contributed by atoms with van der Waals surface area (Å²) in [5, 5.41) is 0. The van der Waals surface area contributed by atoms with Crippen molar-refractivity contribution in [1.82, 2.24) is 4.98 Å². The molecule has 0 amide bonds. The molecular weight excluding hydrogens is 443 g/mol.